The molecule has 0 aromatic carbocycles. The van der Waals surface area contributed by atoms with Gasteiger partial charge in [0.15, 0.2) is 5.82 Å². The third-order valence-electron chi connectivity index (χ3n) is 2.26. The lowest BCUT2D eigenvalue weighted by Gasteiger charge is -2.16. The largest absolute Gasteiger partial charge is 0.363 e. The van der Waals surface area contributed by atoms with E-state index in [2.05, 4.69) is 20.1 Å². The van der Waals surface area contributed by atoms with Crippen molar-refractivity contribution in [2.45, 2.75) is 19.8 Å². The van der Waals surface area contributed by atoms with Gasteiger partial charge >= 0.3 is 5.69 Å². The Kier molecular flexibility index (Phi) is 2.00. The molecule has 1 saturated heterocycles. The summed E-state index contributed by atoms with van der Waals surface area (Å²) in [4.78, 5) is 17.0. The van der Waals surface area contributed by atoms with Crippen molar-refractivity contribution in [1.29, 1.82) is 0 Å². The van der Waals surface area contributed by atoms with Crippen molar-refractivity contribution in [3.8, 4) is 0 Å². The van der Waals surface area contributed by atoms with Crippen LogP contribution in [0.5, 0.6) is 0 Å². The molecule has 5 nitrogen and oxygen atoms in total. The first-order chi connectivity index (χ1) is 6.27. The molecule has 13 heavy (non-hydrogen) atoms. The summed E-state index contributed by atoms with van der Waals surface area (Å²) in [5.74, 6) is 0.737. The molecule has 1 fully saturated rings. The van der Waals surface area contributed by atoms with Crippen molar-refractivity contribution in [1.82, 2.24) is 15.2 Å². The van der Waals surface area contributed by atoms with E-state index in [-0.39, 0.29) is 5.69 Å². The minimum Gasteiger partial charge on any atom is -0.355 e. The van der Waals surface area contributed by atoms with Crippen LogP contribution in [0, 0.1) is 6.92 Å². The molecule has 0 bridgehead atoms. The molecule has 2 rings (SSSR count). The van der Waals surface area contributed by atoms with Crippen molar-refractivity contribution >= 4 is 5.82 Å². The van der Waals surface area contributed by atoms with Gasteiger partial charge < -0.3 is 4.90 Å². The van der Waals surface area contributed by atoms with Gasteiger partial charge in [-0.05, 0) is 19.8 Å². The SMILES string of the molecule is Cc1n[nH]c(=O)nc1N1CCCC1. The highest BCUT2D eigenvalue weighted by Crippen LogP contribution is 2.17. The first-order valence-electron chi connectivity index (χ1n) is 4.45. The molecule has 0 amide bonds. The molecule has 70 valence electrons. The zero-order valence-electron chi connectivity index (χ0n) is 7.58. The van der Waals surface area contributed by atoms with Crippen LogP contribution in [-0.2, 0) is 0 Å². The van der Waals surface area contributed by atoms with Crippen molar-refractivity contribution in [2.24, 2.45) is 0 Å². The summed E-state index contributed by atoms with van der Waals surface area (Å²) in [6.45, 7) is 3.83. The lowest BCUT2D eigenvalue weighted by atomic mass is 10.4. The van der Waals surface area contributed by atoms with E-state index < -0.39 is 0 Å². The number of aromatic amines is 1. The van der Waals surface area contributed by atoms with E-state index in [9.17, 15) is 4.79 Å². The maximum atomic E-state index is 10.9. The highest BCUT2D eigenvalue weighted by molar-refractivity contribution is 5.42. The van der Waals surface area contributed by atoms with Crippen LogP contribution in [0.25, 0.3) is 0 Å². The molecular weight excluding hydrogens is 168 g/mol. The fraction of sp³-hybridized carbons (Fsp3) is 0.625. The molecule has 0 spiro atoms. The van der Waals surface area contributed by atoms with Crippen LogP contribution in [-0.4, -0.2) is 28.3 Å². The number of aromatic nitrogens is 3. The lowest BCUT2D eigenvalue weighted by Crippen LogP contribution is -2.25. The molecule has 0 radical (unpaired) electrons. The van der Waals surface area contributed by atoms with Gasteiger partial charge in [-0.3, -0.25) is 0 Å². The molecule has 0 saturated carbocycles. The second kappa shape index (κ2) is 3.16. The van der Waals surface area contributed by atoms with Crippen LogP contribution in [0.15, 0.2) is 4.79 Å². The van der Waals surface area contributed by atoms with Gasteiger partial charge in [-0.15, -0.1) is 0 Å². The van der Waals surface area contributed by atoms with E-state index in [4.69, 9.17) is 0 Å². The Hall–Kier alpha value is -1.39. The molecule has 0 aliphatic carbocycles. The zero-order chi connectivity index (χ0) is 9.26. The average Bonchev–Trinajstić information content (AvgIpc) is 2.61. The van der Waals surface area contributed by atoms with Crippen LogP contribution >= 0.6 is 0 Å². The van der Waals surface area contributed by atoms with Crippen LogP contribution in [0.3, 0.4) is 0 Å². The number of aryl methyl sites for hydroxylation is 1. The molecule has 5 heteroatoms. The standard InChI is InChI=1S/C8H12N4O/c1-6-7(9-8(13)11-10-6)12-4-2-3-5-12/h2-5H2,1H3,(H,9,11,13). The van der Waals surface area contributed by atoms with Gasteiger partial charge in [-0.2, -0.15) is 10.1 Å². The molecule has 0 atom stereocenters. The average molecular weight is 180 g/mol. The smallest absolute Gasteiger partial charge is 0.355 e. The minimum absolute atomic E-state index is 0.368. The highest BCUT2D eigenvalue weighted by Gasteiger charge is 2.16. The third-order valence-corrected chi connectivity index (χ3v) is 2.26. The molecular formula is C8H12N4O. The predicted molar refractivity (Wildman–Crippen MR) is 48.8 cm³/mol. The highest BCUT2D eigenvalue weighted by atomic mass is 16.1. The molecule has 1 aliphatic heterocycles. The number of rotatable bonds is 1. The Morgan fingerprint density at radius 1 is 1.38 bits per heavy atom. The second-order valence-corrected chi connectivity index (χ2v) is 3.24. The van der Waals surface area contributed by atoms with Crippen LogP contribution < -0.4 is 10.6 Å². The maximum absolute atomic E-state index is 10.9. The van der Waals surface area contributed by atoms with Crippen LogP contribution in [0.2, 0.25) is 0 Å². The zero-order valence-corrected chi connectivity index (χ0v) is 7.58. The number of anilines is 1. The van der Waals surface area contributed by atoms with Crippen molar-refractivity contribution in [3.05, 3.63) is 16.2 Å². The van der Waals surface area contributed by atoms with Gasteiger partial charge in [0.2, 0.25) is 0 Å². The quantitative estimate of drug-likeness (QED) is 0.664. The van der Waals surface area contributed by atoms with Crippen molar-refractivity contribution in [2.75, 3.05) is 18.0 Å². The van der Waals surface area contributed by atoms with Crippen molar-refractivity contribution < 1.29 is 0 Å². The second-order valence-electron chi connectivity index (χ2n) is 3.24. The summed E-state index contributed by atoms with van der Waals surface area (Å²) in [7, 11) is 0. The molecule has 1 aliphatic rings. The Labute approximate surface area is 75.8 Å². The van der Waals surface area contributed by atoms with E-state index in [1.54, 1.807) is 0 Å². The van der Waals surface area contributed by atoms with E-state index in [1.807, 2.05) is 6.92 Å². The molecule has 2 heterocycles. The van der Waals surface area contributed by atoms with Gasteiger partial charge in [-0.25, -0.2) is 9.89 Å². The van der Waals surface area contributed by atoms with E-state index in [1.165, 1.54) is 12.8 Å². The van der Waals surface area contributed by atoms with Crippen LogP contribution in [0.4, 0.5) is 5.82 Å². The van der Waals surface area contributed by atoms with Gasteiger partial charge in [-0.1, -0.05) is 0 Å². The van der Waals surface area contributed by atoms with Crippen LogP contribution in [0.1, 0.15) is 18.5 Å². The number of H-pyrrole nitrogens is 1. The molecule has 0 unspecified atom stereocenters. The third kappa shape index (κ3) is 1.54. The van der Waals surface area contributed by atoms with E-state index >= 15 is 0 Å². The summed E-state index contributed by atoms with van der Waals surface area (Å²) >= 11 is 0. The first kappa shape index (κ1) is 8.22. The van der Waals surface area contributed by atoms with Crippen molar-refractivity contribution in [3.63, 3.8) is 0 Å². The maximum Gasteiger partial charge on any atom is 0.363 e. The monoisotopic (exact) mass is 180 g/mol. The summed E-state index contributed by atoms with van der Waals surface area (Å²) in [5, 5.41) is 6.20. The topological polar surface area (TPSA) is 61.9 Å². The van der Waals surface area contributed by atoms with Gasteiger partial charge in [0.25, 0.3) is 0 Å². The first-order valence-corrected chi connectivity index (χ1v) is 4.45. The lowest BCUT2D eigenvalue weighted by molar-refractivity contribution is 0.829. The molecule has 1 N–H and O–H groups in total. The summed E-state index contributed by atoms with van der Waals surface area (Å²) in [6.07, 6.45) is 2.35. The Bertz CT molecular complexity index is 353. The van der Waals surface area contributed by atoms with Gasteiger partial charge in [0.1, 0.15) is 5.69 Å². The fourth-order valence-electron chi connectivity index (χ4n) is 1.61. The normalized spacial score (nSPS) is 16.5. The minimum atomic E-state index is -0.368. The van der Waals surface area contributed by atoms with E-state index in [0.29, 0.717) is 0 Å². The van der Waals surface area contributed by atoms with Gasteiger partial charge in [0, 0.05) is 13.1 Å². The fourth-order valence-corrected chi connectivity index (χ4v) is 1.61. The number of nitrogens with one attached hydrogen (secondary N) is 1. The Balaban J connectivity index is 2.37. The predicted octanol–water partition coefficient (Wildman–Crippen LogP) is 0.0735. The Morgan fingerprint density at radius 2 is 2.08 bits per heavy atom. The number of hydrogen-bond acceptors (Lipinski definition) is 4. The summed E-state index contributed by atoms with van der Waals surface area (Å²) in [6, 6.07) is 0. The van der Waals surface area contributed by atoms with Gasteiger partial charge in [0.05, 0.1) is 0 Å². The molecule has 1 aromatic rings. The summed E-state index contributed by atoms with van der Waals surface area (Å²) in [5.41, 5.74) is 0.425. The number of nitrogens with zero attached hydrogens (tertiary/aromatic N) is 3. The molecule has 1 aromatic heterocycles. The number of hydrogen-bond donors (Lipinski definition) is 1. The Morgan fingerprint density at radius 3 is 2.77 bits per heavy atom. The van der Waals surface area contributed by atoms with E-state index in [0.717, 1.165) is 24.6 Å². The summed E-state index contributed by atoms with van der Waals surface area (Å²) < 4.78 is 0.